The first-order valence-corrected chi connectivity index (χ1v) is 7.93. The zero-order valence-corrected chi connectivity index (χ0v) is 13.0. The number of ether oxygens (including phenoxy) is 1. The summed E-state index contributed by atoms with van der Waals surface area (Å²) < 4.78 is 5.53. The molecule has 0 atom stereocenters. The Kier molecular flexibility index (Phi) is 6.21. The van der Waals surface area contributed by atoms with Gasteiger partial charge in [0.15, 0.2) is 0 Å². The molecule has 0 aliphatic heterocycles. The molecule has 21 heavy (non-hydrogen) atoms. The third-order valence-corrected chi connectivity index (χ3v) is 3.93. The Bertz CT molecular complexity index is 456. The molecule has 1 aliphatic carbocycles. The summed E-state index contributed by atoms with van der Waals surface area (Å²) in [6.45, 7) is 6.56. The van der Waals surface area contributed by atoms with Gasteiger partial charge in [0.1, 0.15) is 0 Å². The Morgan fingerprint density at radius 3 is 2.76 bits per heavy atom. The zero-order valence-electron chi connectivity index (χ0n) is 13.0. The predicted octanol–water partition coefficient (Wildman–Crippen LogP) is 2.94. The molecule has 0 aromatic heterocycles. The van der Waals surface area contributed by atoms with Crippen LogP contribution in [0.1, 0.15) is 38.7 Å². The second-order valence-corrected chi connectivity index (χ2v) is 5.60. The van der Waals surface area contributed by atoms with E-state index in [1.54, 1.807) is 0 Å². The Balaban J connectivity index is 1.80. The van der Waals surface area contributed by atoms with Crippen molar-refractivity contribution >= 4 is 11.6 Å². The summed E-state index contributed by atoms with van der Waals surface area (Å²) in [7, 11) is 0. The van der Waals surface area contributed by atoms with Crippen LogP contribution >= 0.6 is 0 Å². The third kappa shape index (κ3) is 4.83. The lowest BCUT2D eigenvalue weighted by molar-refractivity contribution is -0.119. The van der Waals surface area contributed by atoms with Crippen LogP contribution in [0.15, 0.2) is 24.3 Å². The smallest absolute Gasteiger partial charge is 0.224 e. The van der Waals surface area contributed by atoms with Gasteiger partial charge in [-0.3, -0.25) is 4.79 Å². The molecule has 116 valence electrons. The van der Waals surface area contributed by atoms with Crippen LogP contribution in [0.3, 0.4) is 0 Å². The minimum Gasteiger partial charge on any atom is -0.378 e. The van der Waals surface area contributed by atoms with E-state index in [-0.39, 0.29) is 5.91 Å². The van der Waals surface area contributed by atoms with Crippen molar-refractivity contribution in [2.24, 2.45) is 5.92 Å². The molecule has 0 unspecified atom stereocenters. The van der Waals surface area contributed by atoms with Gasteiger partial charge in [-0.15, -0.1) is 0 Å². The summed E-state index contributed by atoms with van der Waals surface area (Å²) in [6, 6.07) is 7.97. The molecule has 0 spiro atoms. The number of benzene rings is 1. The van der Waals surface area contributed by atoms with E-state index >= 15 is 0 Å². The van der Waals surface area contributed by atoms with Crippen molar-refractivity contribution in [1.29, 1.82) is 0 Å². The van der Waals surface area contributed by atoms with Crippen LogP contribution in [-0.2, 0) is 16.1 Å². The molecule has 4 nitrogen and oxygen atoms in total. The first kappa shape index (κ1) is 16.0. The lowest BCUT2D eigenvalue weighted by atomic mass is 9.80. The van der Waals surface area contributed by atoms with Gasteiger partial charge in [0.2, 0.25) is 5.91 Å². The fourth-order valence-corrected chi connectivity index (χ4v) is 2.73. The lowest BCUT2D eigenvalue weighted by Crippen LogP contribution is -2.34. The standard InChI is InChI=1S/C17H26N2O2/c1-3-18-12-14-7-5-6-8-16(14)19-17(20)11-13-9-15(10-13)21-4-2/h5-8,13,15,18H,3-4,9-12H2,1-2H3,(H,19,20). The Labute approximate surface area is 127 Å². The molecule has 1 fully saturated rings. The van der Waals surface area contributed by atoms with E-state index in [4.69, 9.17) is 4.74 Å². The van der Waals surface area contributed by atoms with Crippen molar-refractivity contribution in [2.45, 2.75) is 45.8 Å². The van der Waals surface area contributed by atoms with Crippen molar-refractivity contribution in [2.75, 3.05) is 18.5 Å². The summed E-state index contributed by atoms with van der Waals surface area (Å²) in [4.78, 5) is 12.1. The molecule has 1 aliphatic rings. The van der Waals surface area contributed by atoms with Gasteiger partial charge in [0.25, 0.3) is 0 Å². The number of rotatable bonds is 8. The zero-order chi connectivity index (χ0) is 15.1. The number of para-hydroxylation sites is 1. The lowest BCUT2D eigenvalue weighted by Gasteiger charge is -2.34. The Hall–Kier alpha value is -1.39. The van der Waals surface area contributed by atoms with Gasteiger partial charge < -0.3 is 15.4 Å². The van der Waals surface area contributed by atoms with Crippen LogP contribution in [0.25, 0.3) is 0 Å². The summed E-state index contributed by atoms with van der Waals surface area (Å²) in [5.74, 6) is 0.585. The van der Waals surface area contributed by atoms with E-state index in [0.717, 1.165) is 43.8 Å². The first-order valence-electron chi connectivity index (χ1n) is 7.93. The molecule has 1 aromatic rings. The number of anilines is 1. The van der Waals surface area contributed by atoms with Crippen LogP contribution in [0.4, 0.5) is 5.69 Å². The van der Waals surface area contributed by atoms with Crippen LogP contribution in [0, 0.1) is 5.92 Å². The third-order valence-electron chi connectivity index (χ3n) is 3.93. The average Bonchev–Trinajstić information content (AvgIpc) is 2.44. The average molecular weight is 290 g/mol. The maximum Gasteiger partial charge on any atom is 0.224 e. The SMILES string of the molecule is CCNCc1ccccc1NC(=O)CC1CC(OCC)C1. The van der Waals surface area contributed by atoms with E-state index in [9.17, 15) is 4.79 Å². The Morgan fingerprint density at radius 1 is 1.29 bits per heavy atom. The van der Waals surface area contributed by atoms with Crippen LogP contribution in [0.5, 0.6) is 0 Å². The summed E-state index contributed by atoms with van der Waals surface area (Å²) in [6.07, 6.45) is 2.99. The number of hydrogen-bond donors (Lipinski definition) is 2. The maximum atomic E-state index is 12.1. The quantitative estimate of drug-likeness (QED) is 0.774. The van der Waals surface area contributed by atoms with Crippen molar-refractivity contribution in [3.63, 3.8) is 0 Å². The molecule has 0 bridgehead atoms. The highest BCUT2D eigenvalue weighted by molar-refractivity contribution is 5.91. The van der Waals surface area contributed by atoms with Crippen LogP contribution in [0.2, 0.25) is 0 Å². The van der Waals surface area contributed by atoms with E-state index in [1.165, 1.54) is 0 Å². The number of hydrogen-bond acceptors (Lipinski definition) is 3. The van der Waals surface area contributed by atoms with Gasteiger partial charge in [-0.25, -0.2) is 0 Å². The fourth-order valence-electron chi connectivity index (χ4n) is 2.73. The largest absolute Gasteiger partial charge is 0.378 e. The molecule has 1 aromatic carbocycles. The molecule has 2 N–H and O–H groups in total. The first-order chi connectivity index (χ1) is 10.2. The summed E-state index contributed by atoms with van der Waals surface area (Å²) >= 11 is 0. The normalized spacial score (nSPS) is 20.9. The van der Waals surface area contributed by atoms with Gasteiger partial charge >= 0.3 is 0 Å². The van der Waals surface area contributed by atoms with Crippen LogP contribution in [-0.4, -0.2) is 25.2 Å². The number of amides is 1. The topological polar surface area (TPSA) is 50.4 Å². The van der Waals surface area contributed by atoms with Crippen molar-refractivity contribution in [3.05, 3.63) is 29.8 Å². The predicted molar refractivity (Wildman–Crippen MR) is 85.2 cm³/mol. The molecular formula is C17H26N2O2. The second kappa shape index (κ2) is 8.15. The highest BCUT2D eigenvalue weighted by atomic mass is 16.5. The molecule has 0 saturated heterocycles. The Morgan fingerprint density at radius 2 is 2.05 bits per heavy atom. The minimum absolute atomic E-state index is 0.110. The van der Waals surface area contributed by atoms with E-state index < -0.39 is 0 Å². The highest BCUT2D eigenvalue weighted by Gasteiger charge is 2.31. The molecule has 1 amide bonds. The van der Waals surface area contributed by atoms with E-state index in [1.807, 2.05) is 31.2 Å². The molecule has 1 saturated carbocycles. The second-order valence-electron chi connectivity index (χ2n) is 5.60. The molecule has 0 radical (unpaired) electrons. The fraction of sp³-hybridized carbons (Fsp3) is 0.588. The van der Waals surface area contributed by atoms with Gasteiger partial charge in [-0.05, 0) is 43.9 Å². The van der Waals surface area contributed by atoms with Crippen molar-refractivity contribution in [1.82, 2.24) is 5.32 Å². The van der Waals surface area contributed by atoms with Crippen LogP contribution < -0.4 is 10.6 Å². The number of carbonyl (C=O) groups is 1. The maximum absolute atomic E-state index is 12.1. The highest BCUT2D eigenvalue weighted by Crippen LogP contribution is 2.33. The van der Waals surface area contributed by atoms with E-state index in [2.05, 4.69) is 17.6 Å². The minimum atomic E-state index is 0.110. The molecule has 2 rings (SSSR count). The number of nitrogens with one attached hydrogen (secondary N) is 2. The van der Waals surface area contributed by atoms with Crippen molar-refractivity contribution < 1.29 is 9.53 Å². The van der Waals surface area contributed by atoms with Crippen molar-refractivity contribution in [3.8, 4) is 0 Å². The van der Waals surface area contributed by atoms with E-state index in [0.29, 0.717) is 18.4 Å². The monoisotopic (exact) mass is 290 g/mol. The summed E-state index contributed by atoms with van der Waals surface area (Å²) in [5.41, 5.74) is 2.05. The number of carbonyl (C=O) groups excluding carboxylic acids is 1. The molecule has 4 heteroatoms. The molecule has 0 heterocycles. The summed E-state index contributed by atoms with van der Waals surface area (Å²) in [5, 5.41) is 6.34. The van der Waals surface area contributed by atoms with Gasteiger partial charge in [0, 0.05) is 25.3 Å². The molecular weight excluding hydrogens is 264 g/mol. The van der Waals surface area contributed by atoms with Gasteiger partial charge in [-0.1, -0.05) is 25.1 Å². The van der Waals surface area contributed by atoms with Gasteiger partial charge in [-0.2, -0.15) is 0 Å². The van der Waals surface area contributed by atoms with Gasteiger partial charge in [0.05, 0.1) is 6.10 Å².